The number of benzene rings is 1. The highest BCUT2D eigenvalue weighted by molar-refractivity contribution is 6.30. The molecule has 6 rings (SSSR count). The molecule has 42 heavy (non-hydrogen) atoms. The van der Waals surface area contributed by atoms with Gasteiger partial charge in [-0.25, -0.2) is 0 Å². The highest BCUT2D eigenvalue weighted by Crippen LogP contribution is 2.77. The quantitative estimate of drug-likeness (QED) is 0.200. The fraction of sp³-hybridized carbons (Fsp3) is 0.684. The lowest BCUT2D eigenvalue weighted by Crippen LogP contribution is -2.67. The van der Waals surface area contributed by atoms with Crippen LogP contribution in [0.5, 0.6) is 0 Å². The predicted octanol–water partition coefficient (Wildman–Crippen LogP) is 9.73. The van der Waals surface area contributed by atoms with Gasteiger partial charge in [0.2, 0.25) is 0 Å². The Kier molecular flexibility index (Phi) is 7.05. The Bertz CT molecular complexity index is 1340. The summed E-state index contributed by atoms with van der Waals surface area (Å²) in [6.07, 6.45) is 11.5. The largest absolute Gasteiger partial charge is 0.469 e. The number of ether oxygens (including phenoxy) is 1. The zero-order chi connectivity index (χ0) is 30.5. The van der Waals surface area contributed by atoms with Crippen molar-refractivity contribution in [2.45, 2.75) is 99.3 Å². The first kappa shape index (κ1) is 30.2. The standard InChI is InChI=1S/C38H51ClO3/c1-23(2)27-15-18-38(33(41)42-8)20-19-36(6)28(31(27)38)13-14-30-35(5)22-25(21-24-9-11-26(39)12-10-24)32(40)34(3,4)29(35)16-17-37(30,36)7/h9-12,21,27-31H,1,13-20,22H2,2-8H3/b25-21+/t27-,28?,29?,30?,31?,35-,36+,37+,38?/m0/s1. The maximum Gasteiger partial charge on any atom is 0.312 e. The molecule has 0 radical (unpaired) electrons. The predicted molar refractivity (Wildman–Crippen MR) is 171 cm³/mol. The van der Waals surface area contributed by atoms with Crippen molar-refractivity contribution in [1.82, 2.24) is 0 Å². The number of Topliss-reactive ketones (excluding diaryl/α,β-unsaturated/α-hetero) is 1. The normalized spacial score (nSPS) is 44.9. The summed E-state index contributed by atoms with van der Waals surface area (Å²) in [5.41, 5.74) is 2.83. The van der Waals surface area contributed by atoms with E-state index in [0.717, 1.165) is 62.5 Å². The number of ketones is 1. The van der Waals surface area contributed by atoms with Gasteiger partial charge in [0, 0.05) is 10.4 Å². The summed E-state index contributed by atoms with van der Waals surface area (Å²) in [6.45, 7) is 18.8. The number of allylic oxidation sites excluding steroid dienone is 2. The second-order valence-corrected chi connectivity index (χ2v) is 16.7. The second-order valence-electron chi connectivity index (χ2n) is 16.3. The molecule has 1 aromatic rings. The number of methoxy groups -OCH3 is 1. The number of hydrogen-bond donors (Lipinski definition) is 0. The van der Waals surface area contributed by atoms with Crippen LogP contribution in [0.4, 0.5) is 0 Å². The van der Waals surface area contributed by atoms with Gasteiger partial charge in [0.05, 0.1) is 12.5 Å². The van der Waals surface area contributed by atoms with Gasteiger partial charge in [-0.2, -0.15) is 0 Å². The molecule has 228 valence electrons. The van der Waals surface area contributed by atoms with Crippen LogP contribution >= 0.6 is 11.6 Å². The summed E-state index contributed by atoms with van der Waals surface area (Å²) in [7, 11) is 1.58. The number of halogens is 1. The van der Waals surface area contributed by atoms with E-state index in [1.807, 2.05) is 24.3 Å². The van der Waals surface area contributed by atoms with Crippen molar-refractivity contribution in [3.63, 3.8) is 0 Å². The van der Waals surface area contributed by atoms with Gasteiger partial charge >= 0.3 is 5.97 Å². The highest BCUT2D eigenvalue weighted by Gasteiger charge is 2.72. The van der Waals surface area contributed by atoms with Gasteiger partial charge in [0.25, 0.3) is 0 Å². The Morgan fingerprint density at radius 2 is 1.62 bits per heavy atom. The number of fused-ring (bicyclic) bond motifs is 7. The first-order valence-electron chi connectivity index (χ1n) is 16.4. The van der Waals surface area contributed by atoms with Crippen molar-refractivity contribution < 1.29 is 14.3 Å². The molecule has 0 N–H and O–H groups in total. The van der Waals surface area contributed by atoms with Crippen LogP contribution in [0.2, 0.25) is 5.02 Å². The topological polar surface area (TPSA) is 43.4 Å². The lowest BCUT2D eigenvalue weighted by atomic mass is 9.32. The molecular formula is C38H51ClO3. The van der Waals surface area contributed by atoms with Gasteiger partial charge in [-0.1, -0.05) is 70.5 Å². The fourth-order valence-electron chi connectivity index (χ4n) is 12.4. The third kappa shape index (κ3) is 3.90. The van der Waals surface area contributed by atoms with E-state index in [9.17, 15) is 9.59 Å². The number of hydrogen-bond acceptors (Lipinski definition) is 3. The molecule has 0 bridgehead atoms. The summed E-state index contributed by atoms with van der Waals surface area (Å²) in [5, 5.41) is 0.715. The summed E-state index contributed by atoms with van der Waals surface area (Å²) in [6, 6.07) is 7.87. The monoisotopic (exact) mass is 590 g/mol. The zero-order valence-corrected chi connectivity index (χ0v) is 27.7. The smallest absolute Gasteiger partial charge is 0.312 e. The van der Waals surface area contributed by atoms with Crippen molar-refractivity contribution in [3.8, 4) is 0 Å². The third-order valence-electron chi connectivity index (χ3n) is 14.5. The average molecular weight is 591 g/mol. The minimum absolute atomic E-state index is 0.0192. The van der Waals surface area contributed by atoms with Gasteiger partial charge in [0.15, 0.2) is 5.78 Å². The number of rotatable bonds is 3. The first-order valence-corrected chi connectivity index (χ1v) is 16.8. The molecule has 3 nitrogen and oxygen atoms in total. The Hall–Kier alpha value is -1.87. The molecule has 0 saturated heterocycles. The minimum Gasteiger partial charge on any atom is -0.469 e. The molecule has 5 fully saturated rings. The van der Waals surface area contributed by atoms with Gasteiger partial charge in [-0.05, 0) is 140 Å². The Morgan fingerprint density at radius 3 is 2.26 bits per heavy atom. The number of carbonyl (C=O) groups is 2. The molecule has 0 aliphatic heterocycles. The lowest BCUT2D eigenvalue weighted by Gasteiger charge is -2.72. The van der Waals surface area contributed by atoms with E-state index in [1.54, 1.807) is 7.11 Å². The molecule has 4 heteroatoms. The van der Waals surface area contributed by atoms with Gasteiger partial charge in [-0.3, -0.25) is 9.59 Å². The van der Waals surface area contributed by atoms with E-state index >= 15 is 0 Å². The van der Waals surface area contributed by atoms with Crippen LogP contribution in [0.3, 0.4) is 0 Å². The highest BCUT2D eigenvalue weighted by atomic mass is 35.5. The molecule has 5 aliphatic rings. The molecule has 5 saturated carbocycles. The van der Waals surface area contributed by atoms with E-state index < -0.39 is 5.41 Å². The van der Waals surface area contributed by atoms with E-state index in [-0.39, 0.29) is 27.6 Å². The lowest BCUT2D eigenvalue weighted by molar-refractivity contribution is -0.232. The second kappa shape index (κ2) is 9.82. The molecule has 5 aliphatic carbocycles. The van der Waals surface area contributed by atoms with E-state index in [4.69, 9.17) is 16.3 Å². The summed E-state index contributed by atoms with van der Waals surface area (Å²) in [5.74, 6) is 2.42. The summed E-state index contributed by atoms with van der Waals surface area (Å²) < 4.78 is 5.54. The van der Waals surface area contributed by atoms with Crippen LogP contribution in [0.15, 0.2) is 42.0 Å². The molecule has 5 unspecified atom stereocenters. The van der Waals surface area contributed by atoms with Gasteiger partial charge < -0.3 is 4.74 Å². The number of esters is 1. The summed E-state index contributed by atoms with van der Waals surface area (Å²) in [4.78, 5) is 27.6. The fourth-order valence-corrected chi connectivity index (χ4v) is 12.6. The van der Waals surface area contributed by atoms with E-state index in [1.165, 1.54) is 12.0 Å². The molecule has 0 spiro atoms. The van der Waals surface area contributed by atoms with Crippen LogP contribution in [0.25, 0.3) is 6.08 Å². The van der Waals surface area contributed by atoms with Crippen molar-refractivity contribution in [2.24, 2.45) is 56.7 Å². The number of carbonyl (C=O) groups excluding carboxylic acids is 2. The maximum atomic E-state index is 14.1. The molecule has 1 aromatic carbocycles. The molecule has 9 atom stereocenters. The molecule has 0 aromatic heterocycles. The van der Waals surface area contributed by atoms with Crippen molar-refractivity contribution in [1.29, 1.82) is 0 Å². The van der Waals surface area contributed by atoms with E-state index in [0.29, 0.717) is 40.4 Å². The zero-order valence-electron chi connectivity index (χ0n) is 26.9. The van der Waals surface area contributed by atoms with Crippen molar-refractivity contribution in [2.75, 3.05) is 7.11 Å². The first-order chi connectivity index (χ1) is 19.7. The van der Waals surface area contributed by atoms with Crippen LogP contribution < -0.4 is 0 Å². The van der Waals surface area contributed by atoms with Crippen LogP contribution in [-0.4, -0.2) is 18.9 Å². The van der Waals surface area contributed by atoms with Gasteiger partial charge in [0.1, 0.15) is 0 Å². The molecule has 0 heterocycles. The summed E-state index contributed by atoms with van der Waals surface area (Å²) >= 11 is 6.18. The van der Waals surface area contributed by atoms with Crippen molar-refractivity contribution in [3.05, 3.63) is 52.6 Å². The average Bonchev–Trinajstić information content (AvgIpc) is 3.34. The van der Waals surface area contributed by atoms with E-state index in [2.05, 4.69) is 54.2 Å². The van der Waals surface area contributed by atoms with Crippen LogP contribution in [-0.2, 0) is 14.3 Å². The Labute approximate surface area is 258 Å². The molecule has 0 amide bonds. The Balaban J connectivity index is 1.41. The minimum atomic E-state index is -0.395. The molecular weight excluding hydrogens is 540 g/mol. The Morgan fingerprint density at radius 1 is 0.929 bits per heavy atom. The van der Waals surface area contributed by atoms with Gasteiger partial charge in [-0.15, -0.1) is 0 Å². The maximum absolute atomic E-state index is 14.1. The SMILES string of the molecule is C=C(C)[C@@H]1CCC2(C(=O)OC)CC[C@]3(C)C(CCC4[C@@]5(C)C/C(=C\c6ccc(Cl)cc6)C(=O)C(C)(C)C5CC[C@]43C)C12. The van der Waals surface area contributed by atoms with Crippen LogP contribution in [0.1, 0.15) is 105 Å². The van der Waals surface area contributed by atoms with Crippen LogP contribution in [0, 0.1) is 56.7 Å². The van der Waals surface area contributed by atoms with Crippen molar-refractivity contribution >= 4 is 29.4 Å². The third-order valence-corrected chi connectivity index (χ3v) is 14.7.